The smallest absolute Gasteiger partial charge is 0.240 e. The Kier molecular flexibility index (Phi) is 4.19. The Morgan fingerprint density at radius 1 is 1.04 bits per heavy atom. The van der Waals surface area contributed by atoms with Crippen LogP contribution < -0.4 is 14.2 Å². The van der Waals surface area contributed by atoms with Crippen molar-refractivity contribution >= 4 is 10.0 Å². The van der Waals surface area contributed by atoms with Gasteiger partial charge in [-0.15, -0.1) is 0 Å². The Hall–Kier alpha value is -2.56. The first kappa shape index (κ1) is 15.3. The van der Waals surface area contributed by atoms with E-state index < -0.39 is 10.0 Å². The summed E-state index contributed by atoms with van der Waals surface area (Å²) >= 11 is 0. The van der Waals surface area contributed by atoms with Gasteiger partial charge in [0.05, 0.1) is 16.5 Å². The molecule has 0 atom stereocenters. The number of ether oxygens (including phenoxy) is 2. The van der Waals surface area contributed by atoms with Crippen molar-refractivity contribution in [1.82, 2.24) is 4.72 Å². The fourth-order valence-electron chi connectivity index (χ4n) is 2.17. The zero-order chi connectivity index (χ0) is 16.3. The first-order chi connectivity index (χ1) is 11.1. The van der Waals surface area contributed by atoms with E-state index in [9.17, 15) is 8.42 Å². The average molecular weight is 330 g/mol. The number of hydrogen-bond acceptors (Lipinski definition) is 5. The highest BCUT2D eigenvalue weighted by Crippen LogP contribution is 2.30. The monoisotopic (exact) mass is 330 g/mol. The number of nitrogens with one attached hydrogen (secondary N) is 1. The number of benzene rings is 2. The van der Waals surface area contributed by atoms with E-state index in [2.05, 4.69) is 4.72 Å². The number of fused-ring (bicyclic) bond motifs is 1. The first-order valence-electron chi connectivity index (χ1n) is 6.97. The van der Waals surface area contributed by atoms with Crippen molar-refractivity contribution in [3.05, 3.63) is 53.6 Å². The second-order valence-corrected chi connectivity index (χ2v) is 6.71. The SMILES string of the molecule is N#Cc1ccc(S(=O)(=O)NCc2ccc3c(c2)OCCO3)cc1. The molecular weight excluding hydrogens is 316 g/mol. The van der Waals surface area contributed by atoms with E-state index in [4.69, 9.17) is 14.7 Å². The van der Waals surface area contributed by atoms with Crippen LogP contribution in [-0.2, 0) is 16.6 Å². The molecule has 0 aliphatic carbocycles. The van der Waals surface area contributed by atoms with Gasteiger partial charge in [-0.2, -0.15) is 5.26 Å². The molecule has 1 N–H and O–H groups in total. The van der Waals surface area contributed by atoms with Gasteiger partial charge in [0.15, 0.2) is 11.5 Å². The van der Waals surface area contributed by atoms with Crippen molar-refractivity contribution < 1.29 is 17.9 Å². The minimum absolute atomic E-state index is 0.119. The molecular formula is C16H14N2O4S. The molecule has 0 unspecified atom stereocenters. The Morgan fingerprint density at radius 3 is 2.43 bits per heavy atom. The van der Waals surface area contributed by atoms with Crippen LogP contribution in [0.3, 0.4) is 0 Å². The van der Waals surface area contributed by atoms with E-state index in [0.29, 0.717) is 30.3 Å². The molecule has 0 amide bonds. The minimum atomic E-state index is -3.64. The fourth-order valence-corrected chi connectivity index (χ4v) is 3.19. The van der Waals surface area contributed by atoms with Crippen molar-refractivity contribution in [2.45, 2.75) is 11.4 Å². The molecule has 0 radical (unpaired) electrons. The highest BCUT2D eigenvalue weighted by atomic mass is 32.2. The van der Waals surface area contributed by atoms with E-state index in [1.165, 1.54) is 24.3 Å². The van der Waals surface area contributed by atoms with Crippen LogP contribution in [0.25, 0.3) is 0 Å². The Morgan fingerprint density at radius 2 is 1.74 bits per heavy atom. The summed E-state index contributed by atoms with van der Waals surface area (Å²) in [6, 6.07) is 13.0. The topological polar surface area (TPSA) is 88.4 Å². The highest BCUT2D eigenvalue weighted by Gasteiger charge is 2.15. The Balaban J connectivity index is 1.72. The van der Waals surface area contributed by atoms with Gasteiger partial charge in [-0.1, -0.05) is 6.07 Å². The summed E-state index contributed by atoms with van der Waals surface area (Å²) in [5, 5.41) is 8.74. The number of nitriles is 1. The third kappa shape index (κ3) is 3.44. The second kappa shape index (κ2) is 6.28. The summed E-state index contributed by atoms with van der Waals surface area (Å²) in [5.74, 6) is 1.28. The van der Waals surface area contributed by atoms with Crippen molar-refractivity contribution in [3.8, 4) is 17.6 Å². The molecule has 2 aromatic carbocycles. The summed E-state index contributed by atoms with van der Waals surface area (Å²) in [6.07, 6.45) is 0. The van der Waals surface area contributed by atoms with Gasteiger partial charge in [0, 0.05) is 6.54 Å². The number of hydrogen-bond donors (Lipinski definition) is 1. The molecule has 0 saturated carbocycles. The first-order valence-corrected chi connectivity index (χ1v) is 8.45. The van der Waals surface area contributed by atoms with Crippen LogP contribution in [-0.4, -0.2) is 21.6 Å². The molecule has 2 aromatic rings. The van der Waals surface area contributed by atoms with Gasteiger partial charge in [0.25, 0.3) is 0 Å². The van der Waals surface area contributed by atoms with Crippen LogP contribution in [0.5, 0.6) is 11.5 Å². The predicted molar refractivity (Wildman–Crippen MR) is 82.6 cm³/mol. The lowest BCUT2D eigenvalue weighted by molar-refractivity contribution is 0.171. The van der Waals surface area contributed by atoms with E-state index in [-0.39, 0.29) is 11.4 Å². The summed E-state index contributed by atoms with van der Waals surface area (Å²) < 4.78 is 37.9. The lowest BCUT2D eigenvalue weighted by Crippen LogP contribution is -2.23. The molecule has 3 rings (SSSR count). The maximum atomic E-state index is 12.2. The van der Waals surface area contributed by atoms with Gasteiger partial charge in [-0.3, -0.25) is 0 Å². The normalized spacial score (nSPS) is 13.3. The largest absolute Gasteiger partial charge is 0.486 e. The van der Waals surface area contributed by atoms with E-state index in [1.807, 2.05) is 6.07 Å². The Labute approximate surface area is 134 Å². The van der Waals surface area contributed by atoms with Crippen LogP contribution in [0.1, 0.15) is 11.1 Å². The zero-order valence-electron chi connectivity index (χ0n) is 12.2. The zero-order valence-corrected chi connectivity index (χ0v) is 13.0. The fraction of sp³-hybridized carbons (Fsp3) is 0.188. The quantitative estimate of drug-likeness (QED) is 0.923. The third-order valence-corrected chi connectivity index (χ3v) is 4.78. The molecule has 1 heterocycles. The number of rotatable bonds is 4. The van der Waals surface area contributed by atoms with Gasteiger partial charge < -0.3 is 9.47 Å². The molecule has 0 spiro atoms. The van der Waals surface area contributed by atoms with Crippen molar-refractivity contribution in [3.63, 3.8) is 0 Å². The maximum Gasteiger partial charge on any atom is 0.240 e. The predicted octanol–water partition coefficient (Wildman–Crippen LogP) is 1.81. The van der Waals surface area contributed by atoms with Crippen LogP contribution >= 0.6 is 0 Å². The summed E-state index contributed by atoms with van der Waals surface area (Å²) in [7, 11) is -3.64. The molecule has 0 aromatic heterocycles. The number of nitrogens with zero attached hydrogens (tertiary/aromatic N) is 1. The van der Waals surface area contributed by atoms with Crippen LogP contribution in [0, 0.1) is 11.3 Å². The standard InChI is InChI=1S/C16H14N2O4S/c17-10-12-1-4-14(5-2-12)23(19,20)18-11-13-3-6-15-16(9-13)22-8-7-21-15/h1-6,9,18H,7-8,11H2. The van der Waals surface area contributed by atoms with Crippen molar-refractivity contribution in [1.29, 1.82) is 5.26 Å². The van der Waals surface area contributed by atoms with Crippen molar-refractivity contribution in [2.24, 2.45) is 0 Å². The van der Waals surface area contributed by atoms with Gasteiger partial charge in [0.1, 0.15) is 13.2 Å². The molecule has 6 nitrogen and oxygen atoms in total. The molecule has 0 saturated heterocycles. The molecule has 23 heavy (non-hydrogen) atoms. The maximum absolute atomic E-state index is 12.2. The minimum Gasteiger partial charge on any atom is -0.486 e. The highest BCUT2D eigenvalue weighted by molar-refractivity contribution is 7.89. The van der Waals surface area contributed by atoms with E-state index in [0.717, 1.165) is 5.56 Å². The third-order valence-electron chi connectivity index (χ3n) is 3.37. The molecule has 7 heteroatoms. The van der Waals surface area contributed by atoms with Crippen LogP contribution in [0.15, 0.2) is 47.4 Å². The van der Waals surface area contributed by atoms with Crippen LogP contribution in [0.4, 0.5) is 0 Å². The molecule has 0 fully saturated rings. The Bertz CT molecular complexity index is 855. The van der Waals surface area contributed by atoms with Gasteiger partial charge >= 0.3 is 0 Å². The second-order valence-electron chi connectivity index (χ2n) is 4.94. The molecule has 1 aliphatic heterocycles. The summed E-state index contributed by atoms with van der Waals surface area (Å²) in [6.45, 7) is 1.13. The van der Waals surface area contributed by atoms with Crippen molar-refractivity contribution in [2.75, 3.05) is 13.2 Å². The summed E-state index contributed by atoms with van der Waals surface area (Å²) in [5.41, 5.74) is 1.18. The molecule has 1 aliphatic rings. The lowest BCUT2D eigenvalue weighted by atomic mass is 10.2. The van der Waals surface area contributed by atoms with Gasteiger partial charge in [-0.05, 0) is 42.0 Å². The van der Waals surface area contributed by atoms with Gasteiger partial charge in [-0.25, -0.2) is 13.1 Å². The molecule has 118 valence electrons. The van der Waals surface area contributed by atoms with E-state index >= 15 is 0 Å². The molecule has 0 bridgehead atoms. The van der Waals surface area contributed by atoms with Crippen LogP contribution in [0.2, 0.25) is 0 Å². The number of sulfonamides is 1. The summed E-state index contributed by atoms with van der Waals surface area (Å²) in [4.78, 5) is 0.119. The van der Waals surface area contributed by atoms with E-state index in [1.54, 1.807) is 18.2 Å². The average Bonchev–Trinajstić information content (AvgIpc) is 2.60. The lowest BCUT2D eigenvalue weighted by Gasteiger charge is -2.19. The van der Waals surface area contributed by atoms with Gasteiger partial charge in [0.2, 0.25) is 10.0 Å².